The number of nitrogens with two attached hydrogens (primary N) is 1. The van der Waals surface area contributed by atoms with Gasteiger partial charge in [0.15, 0.2) is 0 Å². The minimum atomic E-state index is 0.505. The number of rotatable bonds is 2. The maximum absolute atomic E-state index is 5.62. The molecule has 1 rings (SSSR count). The first kappa shape index (κ1) is 9.20. The van der Waals surface area contributed by atoms with E-state index in [9.17, 15) is 0 Å². The molecule has 0 amide bonds. The van der Waals surface area contributed by atoms with Crippen LogP contribution in [-0.4, -0.2) is 4.99 Å². The molecule has 2 heteroatoms. The molecule has 1 aromatic carbocycles. The highest BCUT2D eigenvalue weighted by Crippen LogP contribution is 2.14. The van der Waals surface area contributed by atoms with Crippen molar-refractivity contribution in [1.82, 2.24) is 0 Å². The van der Waals surface area contributed by atoms with Gasteiger partial charge in [0.1, 0.15) is 4.99 Å². The van der Waals surface area contributed by atoms with Crippen molar-refractivity contribution >= 4 is 17.2 Å². The molecule has 2 N–H and O–H groups in total. The van der Waals surface area contributed by atoms with E-state index in [1.54, 1.807) is 0 Å². The summed E-state index contributed by atoms with van der Waals surface area (Å²) in [7, 11) is 0. The summed E-state index contributed by atoms with van der Waals surface area (Å²) in [5, 5.41) is 0. The lowest BCUT2D eigenvalue weighted by atomic mass is 10.0. The molecule has 0 fully saturated rings. The summed E-state index contributed by atoms with van der Waals surface area (Å²) >= 11 is 4.98. The second kappa shape index (κ2) is 3.68. The van der Waals surface area contributed by atoms with Crippen LogP contribution in [0.4, 0.5) is 0 Å². The molecule has 0 saturated heterocycles. The van der Waals surface area contributed by atoms with Gasteiger partial charge in [-0.15, -0.1) is 0 Å². The van der Waals surface area contributed by atoms with Gasteiger partial charge in [-0.2, -0.15) is 0 Å². The van der Waals surface area contributed by atoms with E-state index in [-0.39, 0.29) is 0 Å². The van der Waals surface area contributed by atoms with Crippen LogP contribution in [0.3, 0.4) is 0 Å². The van der Waals surface area contributed by atoms with Gasteiger partial charge in [0.25, 0.3) is 0 Å². The van der Waals surface area contributed by atoms with Crippen LogP contribution in [0.25, 0.3) is 0 Å². The van der Waals surface area contributed by atoms with Crippen molar-refractivity contribution in [3.05, 3.63) is 34.9 Å². The molecule has 0 aliphatic rings. The first-order valence-electron chi connectivity index (χ1n) is 4.05. The summed E-state index contributed by atoms with van der Waals surface area (Å²) in [4.78, 5) is 0.505. The van der Waals surface area contributed by atoms with Gasteiger partial charge in [0.2, 0.25) is 0 Å². The van der Waals surface area contributed by atoms with Crippen LogP contribution in [0.15, 0.2) is 18.2 Å². The Morgan fingerprint density at radius 2 is 2.17 bits per heavy atom. The van der Waals surface area contributed by atoms with Gasteiger partial charge < -0.3 is 5.73 Å². The van der Waals surface area contributed by atoms with Crippen LogP contribution in [0.1, 0.15) is 23.6 Å². The molecule has 0 radical (unpaired) electrons. The third kappa shape index (κ3) is 1.64. The lowest BCUT2D eigenvalue weighted by Gasteiger charge is -2.08. The van der Waals surface area contributed by atoms with E-state index in [1.165, 1.54) is 11.1 Å². The van der Waals surface area contributed by atoms with Crippen molar-refractivity contribution in [2.24, 2.45) is 5.73 Å². The summed E-state index contributed by atoms with van der Waals surface area (Å²) in [6.07, 6.45) is 0.981. The molecular weight excluding hydrogens is 166 g/mol. The quantitative estimate of drug-likeness (QED) is 0.704. The van der Waals surface area contributed by atoms with Gasteiger partial charge in [-0.1, -0.05) is 37.3 Å². The van der Waals surface area contributed by atoms with Crippen molar-refractivity contribution in [2.75, 3.05) is 0 Å². The van der Waals surface area contributed by atoms with Gasteiger partial charge in [0.05, 0.1) is 0 Å². The fourth-order valence-corrected chi connectivity index (χ4v) is 1.67. The smallest absolute Gasteiger partial charge is 0.104 e. The molecule has 0 spiro atoms. The van der Waals surface area contributed by atoms with Gasteiger partial charge >= 0.3 is 0 Å². The first-order chi connectivity index (χ1) is 5.66. The summed E-state index contributed by atoms with van der Waals surface area (Å²) in [5.41, 5.74) is 9.08. The average molecular weight is 179 g/mol. The molecule has 64 valence electrons. The van der Waals surface area contributed by atoms with Crippen LogP contribution in [0.2, 0.25) is 0 Å². The van der Waals surface area contributed by atoms with Crippen molar-refractivity contribution < 1.29 is 0 Å². The predicted octanol–water partition coefficient (Wildman–Crippen LogP) is 2.19. The minimum absolute atomic E-state index is 0.505. The van der Waals surface area contributed by atoms with Crippen LogP contribution < -0.4 is 5.73 Å². The predicted molar refractivity (Wildman–Crippen MR) is 56.4 cm³/mol. The van der Waals surface area contributed by atoms with Crippen LogP contribution >= 0.6 is 12.2 Å². The standard InChI is InChI=1S/C10H13NS/c1-3-8-6-4-5-7(2)9(8)10(11)12/h4-6H,3H2,1-2H3,(H2,11,12). The molecule has 0 aromatic heterocycles. The van der Waals surface area contributed by atoms with E-state index in [0.29, 0.717) is 4.99 Å². The van der Waals surface area contributed by atoms with E-state index in [4.69, 9.17) is 18.0 Å². The van der Waals surface area contributed by atoms with Gasteiger partial charge in [-0.25, -0.2) is 0 Å². The third-order valence-electron chi connectivity index (χ3n) is 1.99. The Balaban J connectivity index is 3.29. The van der Waals surface area contributed by atoms with Crippen LogP contribution in [-0.2, 0) is 6.42 Å². The Hall–Kier alpha value is -0.890. The lowest BCUT2D eigenvalue weighted by Crippen LogP contribution is -2.13. The Labute approximate surface area is 78.6 Å². The zero-order valence-corrected chi connectivity index (χ0v) is 8.24. The second-order valence-electron chi connectivity index (χ2n) is 2.83. The van der Waals surface area contributed by atoms with Crippen molar-refractivity contribution in [3.63, 3.8) is 0 Å². The molecular formula is C10H13NS. The Morgan fingerprint density at radius 1 is 1.50 bits per heavy atom. The molecule has 1 nitrogen and oxygen atoms in total. The summed E-state index contributed by atoms with van der Waals surface area (Å²) in [6, 6.07) is 6.14. The molecule has 0 unspecified atom stereocenters. The summed E-state index contributed by atoms with van der Waals surface area (Å²) in [6.45, 7) is 4.14. The second-order valence-corrected chi connectivity index (χ2v) is 3.27. The zero-order valence-electron chi connectivity index (χ0n) is 7.42. The highest BCUT2D eigenvalue weighted by Gasteiger charge is 2.05. The number of hydrogen-bond acceptors (Lipinski definition) is 1. The molecule has 0 atom stereocenters. The summed E-state index contributed by atoms with van der Waals surface area (Å²) in [5.74, 6) is 0. The fraction of sp³-hybridized carbons (Fsp3) is 0.300. The van der Waals surface area contributed by atoms with Gasteiger partial charge in [-0.3, -0.25) is 0 Å². The maximum Gasteiger partial charge on any atom is 0.104 e. The lowest BCUT2D eigenvalue weighted by molar-refractivity contribution is 1.12. The van der Waals surface area contributed by atoms with Gasteiger partial charge in [0, 0.05) is 5.56 Å². The van der Waals surface area contributed by atoms with E-state index >= 15 is 0 Å². The topological polar surface area (TPSA) is 26.0 Å². The number of benzene rings is 1. The molecule has 0 bridgehead atoms. The highest BCUT2D eigenvalue weighted by atomic mass is 32.1. The molecule has 1 aromatic rings. The number of aryl methyl sites for hydroxylation is 2. The molecule has 0 saturated carbocycles. The molecule has 12 heavy (non-hydrogen) atoms. The third-order valence-corrected chi connectivity index (χ3v) is 2.19. The highest BCUT2D eigenvalue weighted by molar-refractivity contribution is 7.80. The average Bonchev–Trinajstić information content (AvgIpc) is 2.03. The Kier molecular flexibility index (Phi) is 2.82. The van der Waals surface area contributed by atoms with Gasteiger partial charge in [-0.05, 0) is 24.5 Å². The monoisotopic (exact) mass is 179 g/mol. The molecule has 0 heterocycles. The minimum Gasteiger partial charge on any atom is -0.389 e. The van der Waals surface area contributed by atoms with Crippen LogP contribution in [0.5, 0.6) is 0 Å². The normalized spacial score (nSPS) is 9.83. The van der Waals surface area contributed by atoms with Crippen molar-refractivity contribution in [1.29, 1.82) is 0 Å². The maximum atomic E-state index is 5.62. The Morgan fingerprint density at radius 3 is 2.58 bits per heavy atom. The number of hydrogen-bond donors (Lipinski definition) is 1. The fourth-order valence-electron chi connectivity index (χ4n) is 1.38. The zero-order chi connectivity index (χ0) is 9.14. The van der Waals surface area contributed by atoms with Crippen LogP contribution in [0, 0.1) is 6.92 Å². The molecule has 0 aliphatic carbocycles. The molecule has 0 aliphatic heterocycles. The largest absolute Gasteiger partial charge is 0.389 e. The number of thiocarbonyl (C=S) groups is 1. The van der Waals surface area contributed by atoms with E-state index in [2.05, 4.69) is 13.0 Å². The van der Waals surface area contributed by atoms with E-state index < -0.39 is 0 Å². The SMILES string of the molecule is CCc1cccc(C)c1C(N)=S. The first-order valence-corrected chi connectivity index (χ1v) is 4.46. The van der Waals surface area contributed by atoms with Crippen molar-refractivity contribution in [3.8, 4) is 0 Å². The Bertz CT molecular complexity index is 305. The van der Waals surface area contributed by atoms with E-state index in [1.807, 2.05) is 19.1 Å². The van der Waals surface area contributed by atoms with E-state index in [0.717, 1.165) is 12.0 Å². The summed E-state index contributed by atoms with van der Waals surface area (Å²) < 4.78 is 0. The van der Waals surface area contributed by atoms with Crippen molar-refractivity contribution in [2.45, 2.75) is 20.3 Å².